The molecule has 2 saturated carbocycles. The smallest absolute Gasteiger partial charge is 0.0198 e. The molecule has 0 aromatic heterocycles. The van der Waals surface area contributed by atoms with Gasteiger partial charge in [0.1, 0.15) is 0 Å². The van der Waals surface area contributed by atoms with Crippen molar-refractivity contribution in [1.29, 1.82) is 0 Å². The van der Waals surface area contributed by atoms with E-state index < -0.39 is 0 Å². The van der Waals surface area contributed by atoms with Crippen molar-refractivity contribution in [2.24, 2.45) is 0 Å². The molecule has 0 aromatic rings. The zero-order valence-corrected chi connectivity index (χ0v) is 10.8. The molecule has 2 aliphatic carbocycles. The van der Waals surface area contributed by atoms with Crippen molar-refractivity contribution >= 4 is 11.8 Å². The van der Waals surface area contributed by atoms with Crippen molar-refractivity contribution in [3.05, 3.63) is 0 Å². The Morgan fingerprint density at radius 1 is 0.867 bits per heavy atom. The molecular weight excluding hydrogens is 202 g/mol. The molecule has 0 radical (unpaired) electrons. The highest BCUT2D eigenvalue weighted by Crippen LogP contribution is 2.29. The minimum atomic E-state index is 0.822. The Kier molecular flexibility index (Phi) is 4.83. The summed E-state index contributed by atoms with van der Waals surface area (Å²) in [6.07, 6.45) is 15.3. The average molecular weight is 227 g/mol. The van der Waals surface area contributed by atoms with E-state index in [9.17, 15) is 0 Å². The first-order chi connectivity index (χ1) is 7.40. The van der Waals surface area contributed by atoms with Crippen molar-refractivity contribution < 1.29 is 0 Å². The molecule has 2 unspecified atom stereocenters. The van der Waals surface area contributed by atoms with E-state index in [-0.39, 0.29) is 0 Å². The molecule has 0 heterocycles. The van der Waals surface area contributed by atoms with Gasteiger partial charge in [0.25, 0.3) is 0 Å². The summed E-state index contributed by atoms with van der Waals surface area (Å²) < 4.78 is 0. The SMILES string of the molecule is CSC1CCCC1NC1CCCCCC1. The normalized spacial score (nSPS) is 34.2. The Labute approximate surface area is 98.8 Å². The van der Waals surface area contributed by atoms with Crippen molar-refractivity contribution in [2.75, 3.05) is 6.26 Å². The second-order valence-corrected chi connectivity index (χ2v) is 6.24. The summed E-state index contributed by atoms with van der Waals surface area (Å²) in [4.78, 5) is 0. The van der Waals surface area contributed by atoms with Crippen LogP contribution in [0.5, 0.6) is 0 Å². The van der Waals surface area contributed by atoms with Crippen molar-refractivity contribution in [3.8, 4) is 0 Å². The topological polar surface area (TPSA) is 12.0 Å². The van der Waals surface area contributed by atoms with E-state index in [1.54, 1.807) is 0 Å². The molecule has 2 aliphatic rings. The van der Waals surface area contributed by atoms with Gasteiger partial charge in [0.15, 0.2) is 0 Å². The van der Waals surface area contributed by atoms with Gasteiger partial charge in [0.05, 0.1) is 0 Å². The average Bonchev–Trinajstić information content (AvgIpc) is 2.53. The number of hydrogen-bond donors (Lipinski definition) is 1. The molecule has 0 aromatic carbocycles. The molecule has 1 N–H and O–H groups in total. The number of hydrogen-bond acceptors (Lipinski definition) is 2. The molecule has 0 amide bonds. The van der Waals surface area contributed by atoms with E-state index in [1.807, 2.05) is 0 Å². The maximum atomic E-state index is 3.94. The van der Waals surface area contributed by atoms with E-state index in [0.717, 1.165) is 17.3 Å². The molecule has 0 bridgehead atoms. The van der Waals surface area contributed by atoms with Gasteiger partial charge >= 0.3 is 0 Å². The fourth-order valence-corrected chi connectivity index (χ4v) is 4.09. The zero-order valence-electron chi connectivity index (χ0n) is 10.0. The van der Waals surface area contributed by atoms with Crippen molar-refractivity contribution in [1.82, 2.24) is 5.32 Å². The summed E-state index contributed by atoms with van der Waals surface area (Å²) in [5.41, 5.74) is 0. The second kappa shape index (κ2) is 6.15. The molecule has 2 fully saturated rings. The van der Waals surface area contributed by atoms with Crippen LogP contribution in [0.3, 0.4) is 0 Å². The maximum absolute atomic E-state index is 3.94. The van der Waals surface area contributed by atoms with E-state index in [0.29, 0.717) is 0 Å². The Balaban J connectivity index is 1.78. The number of thioether (sulfide) groups is 1. The highest BCUT2D eigenvalue weighted by atomic mass is 32.2. The predicted octanol–water partition coefficient (Wildman–Crippen LogP) is 3.58. The maximum Gasteiger partial charge on any atom is 0.0198 e. The largest absolute Gasteiger partial charge is 0.310 e. The molecule has 0 aliphatic heterocycles. The third kappa shape index (κ3) is 3.39. The first-order valence-electron chi connectivity index (χ1n) is 6.69. The first-order valence-corrected chi connectivity index (χ1v) is 7.98. The van der Waals surface area contributed by atoms with E-state index in [2.05, 4.69) is 23.3 Å². The molecule has 0 spiro atoms. The Morgan fingerprint density at radius 3 is 2.27 bits per heavy atom. The van der Waals surface area contributed by atoms with Crippen LogP contribution in [0.25, 0.3) is 0 Å². The summed E-state index contributed by atoms with van der Waals surface area (Å²) in [6.45, 7) is 0. The zero-order chi connectivity index (χ0) is 10.5. The Bertz CT molecular complexity index is 175. The third-order valence-corrected chi connectivity index (χ3v) is 5.23. The number of rotatable bonds is 3. The van der Waals surface area contributed by atoms with Crippen LogP contribution < -0.4 is 5.32 Å². The summed E-state index contributed by atoms with van der Waals surface area (Å²) in [5, 5.41) is 4.83. The van der Waals surface area contributed by atoms with Gasteiger partial charge in [-0.1, -0.05) is 32.1 Å². The molecule has 2 atom stereocenters. The highest BCUT2D eigenvalue weighted by Gasteiger charge is 2.28. The van der Waals surface area contributed by atoms with E-state index >= 15 is 0 Å². The summed E-state index contributed by atoms with van der Waals surface area (Å²) in [7, 11) is 0. The van der Waals surface area contributed by atoms with Gasteiger partial charge in [-0.3, -0.25) is 0 Å². The second-order valence-electron chi connectivity index (χ2n) is 5.17. The van der Waals surface area contributed by atoms with Crippen molar-refractivity contribution in [2.45, 2.75) is 75.1 Å². The summed E-state index contributed by atoms with van der Waals surface area (Å²) in [5.74, 6) is 0. The van der Waals surface area contributed by atoms with Crippen LogP contribution in [0.4, 0.5) is 0 Å². The monoisotopic (exact) mass is 227 g/mol. The minimum absolute atomic E-state index is 0.822. The molecule has 15 heavy (non-hydrogen) atoms. The quantitative estimate of drug-likeness (QED) is 0.740. The van der Waals surface area contributed by atoms with Crippen LogP contribution in [0, 0.1) is 0 Å². The van der Waals surface area contributed by atoms with Gasteiger partial charge in [-0.25, -0.2) is 0 Å². The van der Waals surface area contributed by atoms with E-state index in [1.165, 1.54) is 57.8 Å². The van der Waals surface area contributed by atoms with Gasteiger partial charge in [-0.15, -0.1) is 0 Å². The minimum Gasteiger partial charge on any atom is -0.310 e. The van der Waals surface area contributed by atoms with Crippen LogP contribution in [0.2, 0.25) is 0 Å². The van der Waals surface area contributed by atoms with Gasteiger partial charge in [0, 0.05) is 17.3 Å². The van der Waals surface area contributed by atoms with Crippen LogP contribution in [-0.2, 0) is 0 Å². The van der Waals surface area contributed by atoms with Gasteiger partial charge < -0.3 is 5.32 Å². The highest BCUT2D eigenvalue weighted by molar-refractivity contribution is 7.99. The molecule has 1 nitrogen and oxygen atoms in total. The van der Waals surface area contributed by atoms with Crippen LogP contribution in [-0.4, -0.2) is 23.6 Å². The molecule has 0 saturated heterocycles. The molecular formula is C13H25NS. The lowest BCUT2D eigenvalue weighted by atomic mass is 10.1. The van der Waals surface area contributed by atoms with Gasteiger partial charge in [-0.2, -0.15) is 11.8 Å². The summed E-state index contributed by atoms with van der Waals surface area (Å²) >= 11 is 2.07. The number of nitrogens with one attached hydrogen (secondary N) is 1. The Hall–Kier alpha value is 0.310. The predicted molar refractivity (Wildman–Crippen MR) is 69.6 cm³/mol. The Morgan fingerprint density at radius 2 is 1.60 bits per heavy atom. The standard InChI is InChI=1S/C13H25NS/c1-15-13-10-6-9-12(13)14-11-7-4-2-3-5-8-11/h11-14H,2-10H2,1H3. The van der Waals surface area contributed by atoms with Crippen LogP contribution in [0.1, 0.15) is 57.8 Å². The molecule has 2 heteroatoms. The molecule has 2 rings (SSSR count). The summed E-state index contributed by atoms with van der Waals surface area (Å²) in [6, 6.07) is 1.66. The van der Waals surface area contributed by atoms with Crippen LogP contribution in [0.15, 0.2) is 0 Å². The van der Waals surface area contributed by atoms with Crippen molar-refractivity contribution in [3.63, 3.8) is 0 Å². The lowest BCUT2D eigenvalue weighted by Gasteiger charge is -2.25. The van der Waals surface area contributed by atoms with Crippen LogP contribution >= 0.6 is 11.8 Å². The third-order valence-electron chi connectivity index (χ3n) is 4.06. The first kappa shape index (κ1) is 11.8. The lowest BCUT2D eigenvalue weighted by molar-refractivity contribution is 0.400. The molecule has 88 valence electrons. The fraction of sp³-hybridized carbons (Fsp3) is 1.00. The lowest BCUT2D eigenvalue weighted by Crippen LogP contribution is -2.41. The van der Waals surface area contributed by atoms with E-state index in [4.69, 9.17) is 0 Å². The van der Waals surface area contributed by atoms with Gasteiger partial charge in [0.2, 0.25) is 0 Å². The fourth-order valence-electron chi connectivity index (χ4n) is 3.15. The van der Waals surface area contributed by atoms with Gasteiger partial charge in [-0.05, 0) is 31.9 Å².